The number of aliphatic hydroxyl groups is 2. The molecule has 8 heteroatoms. The van der Waals surface area contributed by atoms with Crippen LogP contribution >= 0.6 is 0 Å². The van der Waals surface area contributed by atoms with Crippen LogP contribution in [-0.2, 0) is 4.79 Å². The third-order valence-electron chi connectivity index (χ3n) is 5.07. The van der Waals surface area contributed by atoms with Crippen molar-refractivity contribution in [3.63, 3.8) is 0 Å². The fourth-order valence-corrected chi connectivity index (χ4v) is 3.53. The summed E-state index contributed by atoms with van der Waals surface area (Å²) in [6.45, 7) is 3.89. The molecule has 2 atom stereocenters. The van der Waals surface area contributed by atoms with E-state index in [0.717, 1.165) is 0 Å². The lowest BCUT2D eigenvalue weighted by atomic mass is 10.0. The van der Waals surface area contributed by atoms with E-state index in [1.807, 2.05) is 13.8 Å². The summed E-state index contributed by atoms with van der Waals surface area (Å²) in [4.78, 5) is 15.5. The number of aromatic nitrogens is 2. The molecule has 3 aromatic rings. The maximum atomic E-state index is 13.6. The maximum Gasteiger partial charge on any atom is 0.305 e. The first-order valence-corrected chi connectivity index (χ1v) is 10.6. The predicted molar refractivity (Wildman–Crippen MR) is 121 cm³/mol. The number of nitrogens with zero attached hydrogens (tertiary/aromatic N) is 2. The van der Waals surface area contributed by atoms with Crippen LogP contribution in [0.3, 0.4) is 0 Å². The van der Waals surface area contributed by atoms with E-state index in [2.05, 4.69) is 0 Å². The number of carboxylic acid groups (broad SMARTS) is 1. The highest BCUT2D eigenvalue weighted by Crippen LogP contribution is 2.35. The molecule has 0 radical (unpaired) electrons. The molecule has 0 aliphatic heterocycles. The molecule has 0 amide bonds. The van der Waals surface area contributed by atoms with E-state index in [-0.39, 0.29) is 18.2 Å². The molecular weight excluding hydrogens is 430 g/mol. The van der Waals surface area contributed by atoms with E-state index in [4.69, 9.17) is 10.1 Å². The van der Waals surface area contributed by atoms with Gasteiger partial charge in [0.25, 0.3) is 0 Å². The number of aliphatic hydroxyl groups excluding tert-OH is 2. The van der Waals surface area contributed by atoms with Gasteiger partial charge in [-0.15, -0.1) is 0 Å². The number of carbonyl (C=O) groups is 1. The van der Waals surface area contributed by atoms with Gasteiger partial charge in [0, 0.05) is 29.7 Å². The van der Waals surface area contributed by atoms with E-state index >= 15 is 0 Å². The summed E-state index contributed by atoms with van der Waals surface area (Å²) in [5.41, 5.74) is 2.53. The molecule has 1 aromatic heterocycles. The molecule has 0 bridgehead atoms. The summed E-state index contributed by atoms with van der Waals surface area (Å²) in [5, 5.41) is 28.9. The monoisotopic (exact) mass is 456 g/mol. The molecule has 0 aliphatic carbocycles. The molecule has 3 rings (SSSR count). The number of aliphatic carboxylic acids is 1. The van der Waals surface area contributed by atoms with E-state index in [1.165, 1.54) is 30.3 Å². The molecule has 0 saturated heterocycles. The van der Waals surface area contributed by atoms with Gasteiger partial charge in [0.2, 0.25) is 0 Å². The highest BCUT2D eigenvalue weighted by atomic mass is 19.1. The van der Waals surface area contributed by atoms with E-state index in [9.17, 15) is 23.8 Å². The van der Waals surface area contributed by atoms with E-state index in [1.54, 1.807) is 35.0 Å². The van der Waals surface area contributed by atoms with Crippen molar-refractivity contribution >= 4 is 12.2 Å². The smallest absolute Gasteiger partial charge is 0.305 e. The third-order valence-corrected chi connectivity index (χ3v) is 5.07. The van der Waals surface area contributed by atoms with Crippen LogP contribution in [0.2, 0.25) is 0 Å². The van der Waals surface area contributed by atoms with Gasteiger partial charge >= 0.3 is 5.97 Å². The minimum absolute atomic E-state index is 0.0298. The topological polar surface area (TPSA) is 95.6 Å². The quantitative estimate of drug-likeness (QED) is 0.435. The van der Waals surface area contributed by atoms with Gasteiger partial charge < -0.3 is 19.9 Å². The number of benzene rings is 2. The minimum Gasteiger partial charge on any atom is -0.481 e. The number of rotatable bonds is 9. The minimum atomic E-state index is -1.19. The summed E-state index contributed by atoms with van der Waals surface area (Å²) in [7, 11) is 0. The van der Waals surface area contributed by atoms with Crippen molar-refractivity contribution in [3.05, 3.63) is 72.1 Å². The molecule has 1 heterocycles. The second-order valence-corrected chi connectivity index (χ2v) is 8.10. The number of halogens is 2. The maximum absolute atomic E-state index is 13.6. The van der Waals surface area contributed by atoms with E-state index in [0.29, 0.717) is 28.3 Å². The fourth-order valence-electron chi connectivity index (χ4n) is 3.53. The van der Waals surface area contributed by atoms with Gasteiger partial charge in [-0.1, -0.05) is 13.8 Å². The second kappa shape index (κ2) is 10.5. The molecule has 0 spiro atoms. The SMILES string of the molecule is CC(C)c1nc(-c2ccc(F)cc2)c(-c2ccc(F)cc2)n1/C=C/C(O)CC(O)CC(=O)O. The van der Waals surface area contributed by atoms with Crippen LogP contribution in [-0.4, -0.2) is 43.0 Å². The molecule has 0 aliphatic rings. The highest BCUT2D eigenvalue weighted by molar-refractivity contribution is 5.80. The predicted octanol–water partition coefficient (Wildman–Crippen LogP) is 4.68. The van der Waals surface area contributed by atoms with Crippen molar-refractivity contribution in [2.45, 2.75) is 44.8 Å². The lowest BCUT2D eigenvalue weighted by Crippen LogP contribution is -2.19. The van der Waals surface area contributed by atoms with Crippen LogP contribution in [0, 0.1) is 11.6 Å². The standard InChI is InChI=1S/C25H26F2N2O4/c1-15(2)25-28-23(16-3-7-18(26)8-4-16)24(17-5-9-19(27)10-6-17)29(25)12-11-20(30)13-21(31)14-22(32)33/h3-12,15,20-21,30-31H,13-14H2,1-2H3,(H,32,33)/b12-11+. The Kier molecular flexibility index (Phi) is 7.73. The number of imidazole rings is 1. The summed E-state index contributed by atoms with van der Waals surface area (Å²) in [5.74, 6) is -1.30. The van der Waals surface area contributed by atoms with Gasteiger partial charge in [0.15, 0.2) is 0 Å². The molecule has 33 heavy (non-hydrogen) atoms. The summed E-state index contributed by atoms with van der Waals surface area (Å²) in [6, 6.07) is 11.8. The fraction of sp³-hybridized carbons (Fsp3) is 0.280. The van der Waals surface area contributed by atoms with Crippen LogP contribution in [0.15, 0.2) is 54.6 Å². The first kappa shape index (κ1) is 24.3. The Bertz CT molecular complexity index is 1120. The second-order valence-electron chi connectivity index (χ2n) is 8.10. The third kappa shape index (κ3) is 6.12. The van der Waals surface area contributed by atoms with Gasteiger partial charge in [-0.05, 0) is 54.6 Å². The first-order valence-electron chi connectivity index (χ1n) is 10.6. The molecule has 6 nitrogen and oxygen atoms in total. The molecule has 3 N–H and O–H groups in total. The lowest BCUT2D eigenvalue weighted by Gasteiger charge is -2.13. The lowest BCUT2D eigenvalue weighted by molar-refractivity contribution is -0.139. The van der Waals surface area contributed by atoms with Gasteiger partial charge in [-0.25, -0.2) is 13.8 Å². The zero-order valence-electron chi connectivity index (χ0n) is 18.3. The van der Waals surface area contributed by atoms with Crippen molar-refractivity contribution < 1.29 is 28.9 Å². The van der Waals surface area contributed by atoms with Crippen molar-refractivity contribution in [2.24, 2.45) is 0 Å². The van der Waals surface area contributed by atoms with Crippen LogP contribution in [0.5, 0.6) is 0 Å². The van der Waals surface area contributed by atoms with Crippen LogP contribution in [0.1, 0.15) is 38.4 Å². The van der Waals surface area contributed by atoms with Crippen molar-refractivity contribution in [1.82, 2.24) is 9.55 Å². The number of hydrogen-bond donors (Lipinski definition) is 3. The summed E-state index contributed by atoms with van der Waals surface area (Å²) in [6.07, 6.45) is 0.137. The Morgan fingerprint density at radius 3 is 2.06 bits per heavy atom. The highest BCUT2D eigenvalue weighted by Gasteiger charge is 2.21. The van der Waals surface area contributed by atoms with Crippen LogP contribution in [0.25, 0.3) is 28.7 Å². The Morgan fingerprint density at radius 2 is 1.55 bits per heavy atom. The van der Waals surface area contributed by atoms with Gasteiger partial charge in [-0.3, -0.25) is 4.79 Å². The van der Waals surface area contributed by atoms with Gasteiger partial charge in [-0.2, -0.15) is 0 Å². The molecule has 2 aromatic carbocycles. The largest absolute Gasteiger partial charge is 0.481 e. The molecule has 2 unspecified atom stereocenters. The summed E-state index contributed by atoms with van der Waals surface area (Å²) < 4.78 is 28.9. The van der Waals surface area contributed by atoms with Crippen molar-refractivity contribution in [2.75, 3.05) is 0 Å². The average Bonchev–Trinajstić information content (AvgIpc) is 3.12. The Balaban J connectivity index is 2.10. The van der Waals surface area contributed by atoms with Crippen LogP contribution in [0.4, 0.5) is 8.78 Å². The zero-order valence-corrected chi connectivity index (χ0v) is 18.3. The van der Waals surface area contributed by atoms with Crippen LogP contribution < -0.4 is 0 Å². The molecule has 0 saturated carbocycles. The van der Waals surface area contributed by atoms with Crippen molar-refractivity contribution in [1.29, 1.82) is 0 Å². The Hall–Kier alpha value is -3.36. The normalized spacial score (nSPS) is 13.5. The zero-order chi connectivity index (χ0) is 24.1. The first-order chi connectivity index (χ1) is 15.7. The Labute approximate surface area is 190 Å². The van der Waals surface area contributed by atoms with Gasteiger partial charge in [0.1, 0.15) is 17.5 Å². The Morgan fingerprint density at radius 1 is 1.00 bits per heavy atom. The summed E-state index contributed by atoms with van der Waals surface area (Å²) >= 11 is 0. The number of hydrogen-bond acceptors (Lipinski definition) is 4. The van der Waals surface area contributed by atoms with Crippen molar-refractivity contribution in [3.8, 4) is 22.5 Å². The molecule has 0 fully saturated rings. The van der Waals surface area contributed by atoms with E-state index < -0.39 is 30.4 Å². The molecular formula is C25H26F2N2O4. The average molecular weight is 456 g/mol. The van der Waals surface area contributed by atoms with Gasteiger partial charge in [0.05, 0.1) is 30.0 Å². The number of carboxylic acids is 1. The molecule has 174 valence electrons.